The third-order valence-electron chi connectivity index (χ3n) is 22.6. The van der Waals surface area contributed by atoms with E-state index in [-0.39, 0.29) is 38.3 Å². The minimum Gasteiger partial charge on any atom is -0.550 e. The predicted octanol–water partition coefficient (Wildman–Crippen LogP) is 16.4. The minimum absolute atomic E-state index is 0. The third-order valence-corrected chi connectivity index (χ3v) is 23.1. The largest absolute Gasteiger partial charge is 0.550 e. The van der Waals surface area contributed by atoms with Crippen molar-refractivity contribution < 1.29 is 126 Å². The van der Waals surface area contributed by atoms with Crippen LogP contribution >= 0.6 is 7.82 Å². The van der Waals surface area contributed by atoms with Crippen LogP contribution in [0.1, 0.15) is 420 Å². The highest BCUT2D eigenvalue weighted by molar-refractivity contribution is 7.46. The zero-order valence-electron chi connectivity index (χ0n) is 75.2. The van der Waals surface area contributed by atoms with E-state index in [4.69, 9.17) is 42.4 Å². The number of esters is 4. The lowest BCUT2D eigenvalue weighted by atomic mass is 9.92. The highest BCUT2D eigenvalue weighted by Crippen LogP contribution is 2.44. The van der Waals surface area contributed by atoms with E-state index in [2.05, 4.69) is 52.2 Å². The molecule has 0 aromatic heterocycles. The summed E-state index contributed by atoms with van der Waals surface area (Å²) in [5.74, 6) is -11.3. The maximum Gasteiger partial charge on any atom is 0.470 e. The monoisotopic (exact) mass is 1740 g/mol. The molecule has 2 amide bonds. The van der Waals surface area contributed by atoms with Crippen molar-refractivity contribution in [2.24, 2.45) is 0 Å². The van der Waals surface area contributed by atoms with Crippen LogP contribution in [0.5, 0.6) is 0 Å². The number of carboxylic acids is 2. The number of carbonyl (C=O) groups is 8. The molecule has 2 rings (SSSR count). The number of ether oxygens (including phenoxy) is 8. The smallest absolute Gasteiger partial charge is 0.470 e. The van der Waals surface area contributed by atoms with Crippen LogP contribution < -0.4 is 21.9 Å². The van der Waals surface area contributed by atoms with Gasteiger partial charge >= 0.3 is 37.7 Å². The molecule has 0 aromatic carbocycles. The molecule has 2 aliphatic heterocycles. The Hall–Kier alpha value is -4.49. The summed E-state index contributed by atoms with van der Waals surface area (Å²) in [7, 11) is -5.91. The molecule has 704 valence electrons. The molecule has 0 bridgehead atoms. The van der Waals surface area contributed by atoms with Crippen molar-refractivity contribution in [3.8, 4) is 0 Å². The summed E-state index contributed by atoms with van der Waals surface area (Å²) in [6.07, 6.45) is 22.6. The molecule has 120 heavy (non-hydrogen) atoms. The van der Waals surface area contributed by atoms with E-state index in [9.17, 15) is 73.8 Å². The van der Waals surface area contributed by atoms with Crippen LogP contribution in [-0.4, -0.2) is 188 Å². The summed E-state index contributed by atoms with van der Waals surface area (Å²) in [6.45, 7) is 9.61. The van der Waals surface area contributed by atoms with Crippen LogP contribution in [0.3, 0.4) is 0 Å². The fourth-order valence-corrected chi connectivity index (χ4v) is 16.2. The molecule has 2 saturated heterocycles. The Balaban J connectivity index is 0.0000720. The van der Waals surface area contributed by atoms with Gasteiger partial charge in [0.2, 0.25) is 11.8 Å². The van der Waals surface area contributed by atoms with Crippen molar-refractivity contribution in [2.75, 3.05) is 19.8 Å². The summed E-state index contributed by atoms with van der Waals surface area (Å²) in [6, 6.07) is -3.56. The molecule has 14 atom stereocenters. The number of aliphatic hydroxyl groups excluding tert-OH is 4. The highest BCUT2D eigenvalue weighted by Gasteiger charge is 2.57. The van der Waals surface area contributed by atoms with Gasteiger partial charge in [-0.05, 0) is 57.8 Å². The summed E-state index contributed by atoms with van der Waals surface area (Å²) in [5, 5.41) is 72.1. The molecule has 29 nitrogen and oxygen atoms in total. The lowest BCUT2D eigenvalue weighted by Gasteiger charge is -2.47. The van der Waals surface area contributed by atoms with Crippen LogP contribution in [0.15, 0.2) is 0 Å². The number of hydrogen-bond acceptors (Lipinski definition) is 23. The van der Waals surface area contributed by atoms with Crippen molar-refractivity contribution in [1.29, 1.82) is 0 Å². The van der Waals surface area contributed by atoms with E-state index in [0.29, 0.717) is 51.4 Å². The molecule has 0 aromatic rings. The van der Waals surface area contributed by atoms with Gasteiger partial charge in [0.05, 0.1) is 51.2 Å². The number of aliphatic carboxylic acids is 2. The Kier molecular flexibility index (Phi) is 67.8. The molecular formula is C90H168N3O26P. The summed E-state index contributed by atoms with van der Waals surface area (Å²) >= 11 is 0. The number of aliphatic hydroxyl groups is 4. The van der Waals surface area contributed by atoms with Crippen LogP contribution in [-0.2, 0) is 85.3 Å². The Morgan fingerprint density at radius 3 is 1.18 bits per heavy atom. The van der Waals surface area contributed by atoms with Gasteiger partial charge in [0.15, 0.2) is 12.4 Å². The molecule has 13 N–H and O–H groups in total. The molecular weight excluding hydrogens is 1570 g/mol. The maximum atomic E-state index is 15.3. The predicted molar refractivity (Wildman–Crippen MR) is 459 cm³/mol. The number of phosphoric acid groups is 1. The van der Waals surface area contributed by atoms with Crippen molar-refractivity contribution in [3.05, 3.63) is 0 Å². The van der Waals surface area contributed by atoms with E-state index >= 15 is 9.59 Å². The average Bonchev–Trinajstić information content (AvgIpc) is 0.768. The van der Waals surface area contributed by atoms with E-state index in [1.165, 1.54) is 6.42 Å². The van der Waals surface area contributed by atoms with Gasteiger partial charge in [-0.25, -0.2) is 9.36 Å². The molecule has 0 unspecified atom stereocenters. The zero-order valence-corrected chi connectivity index (χ0v) is 76.1. The number of amides is 2. The SMILES string of the molecule is CCCCCCCCCCC[C@H](CC(=O)N[C@@H](CO[C@@H]1O[C@H](CO[C@]2(C(=O)O)C[C@@H](O)[C@@H](O)[C@@H]([C@H](O)CO)O2)[C@@H](OP(=O)(O)O)[C@H](OC(=O)C[C@@H](CCCCCCCCCCC)OC(=O)CCCCCCCCC)[C@H]1NC(=O)C[C@@H](CCCCCCCCCCC)OC(=O)CCCCCCCCC)CC(=O)[O-])OC(=O)CCCCCCCCC.[NH4+]. The second-order valence-electron chi connectivity index (χ2n) is 33.7. The van der Waals surface area contributed by atoms with E-state index in [0.717, 1.165) is 257 Å². The van der Waals surface area contributed by atoms with Crippen molar-refractivity contribution in [3.63, 3.8) is 0 Å². The number of carbonyl (C=O) groups excluding carboxylic acids is 7. The first-order chi connectivity index (χ1) is 57.3. The topological polar surface area (TPSA) is 462 Å². The average molecular weight is 1740 g/mol. The highest BCUT2D eigenvalue weighted by atomic mass is 31.2. The second-order valence-corrected chi connectivity index (χ2v) is 34.9. The van der Waals surface area contributed by atoms with Crippen LogP contribution in [0.2, 0.25) is 0 Å². The lowest BCUT2D eigenvalue weighted by Crippen LogP contribution is -2.68. The maximum absolute atomic E-state index is 15.3. The number of unbranched alkanes of at least 4 members (excludes halogenated alkanes) is 42. The Labute approximate surface area is 720 Å². The molecule has 2 aliphatic rings. The molecule has 30 heteroatoms. The Morgan fingerprint density at radius 1 is 0.483 bits per heavy atom. The summed E-state index contributed by atoms with van der Waals surface area (Å²) in [4.78, 5) is 134. The molecule has 0 saturated carbocycles. The fourth-order valence-electron chi connectivity index (χ4n) is 15.6. The molecule has 2 heterocycles. The number of quaternary nitrogens is 1. The van der Waals surface area contributed by atoms with Crippen LogP contribution in [0.4, 0.5) is 0 Å². The fraction of sp³-hybridized carbons (Fsp3) is 0.911. The van der Waals surface area contributed by atoms with E-state index in [1.54, 1.807) is 0 Å². The zero-order chi connectivity index (χ0) is 87.7. The molecule has 0 spiro atoms. The third kappa shape index (κ3) is 55.1. The second kappa shape index (κ2) is 71.6. The summed E-state index contributed by atoms with van der Waals surface area (Å²) in [5.41, 5.74) is 0. The molecule has 0 radical (unpaired) electrons. The normalized spacial score (nSPS) is 20.5. The van der Waals surface area contributed by atoms with E-state index < -0.39 is 193 Å². The quantitative estimate of drug-likeness (QED) is 0.0117. The standard InChI is InChI=1S/C90H165N2O26P.H3N/c1-7-13-19-25-31-34-40-43-49-55-70(112-79(100)58-52-46-37-28-22-16-10-4)62-76(96)91-69(61-78(98)99)67-110-88-83(92-77(97)63-71(56-50-44-41-35-32-26-20-14-8-2)113-80(101)59-53-47-38-29-23-17-11-5)87(86(118-119(107,108)109)75(115-88)68-111-90(89(105)106)65-73(94)84(104)85(117-90)74(95)66-93)116-82(103)64-72(57-51-45-42-36-33-27-21-15-9-3)114-81(102)60-54-48-39-30-24-18-12-6;/h69-75,83-88,93-95,104H,7-68H2,1-6H3,(H,91,96)(H,92,97)(H,98,99)(H,105,106)(H2,107,108,109);1H3/t69-,70-,71-,72-,73-,74-,75-,83-,84-,85-,86-,87-,88-,90-;/m1./s1. The van der Waals surface area contributed by atoms with Crippen molar-refractivity contribution in [2.45, 2.75) is 506 Å². The van der Waals surface area contributed by atoms with Crippen LogP contribution in [0, 0.1) is 0 Å². The van der Waals surface area contributed by atoms with Gasteiger partial charge < -0.3 is 99.9 Å². The van der Waals surface area contributed by atoms with Crippen LogP contribution in [0.25, 0.3) is 0 Å². The van der Waals surface area contributed by atoms with Gasteiger partial charge in [-0.2, -0.15) is 0 Å². The van der Waals surface area contributed by atoms with Crippen molar-refractivity contribution >= 4 is 55.5 Å². The first-order valence-electron chi connectivity index (χ1n) is 47.1. The number of hydrogen-bond donors (Lipinski definition) is 10. The van der Waals surface area contributed by atoms with Gasteiger partial charge in [-0.1, -0.05) is 311 Å². The molecule has 2 fully saturated rings. The Morgan fingerprint density at radius 2 is 0.833 bits per heavy atom. The minimum atomic E-state index is -5.91. The number of rotatable bonds is 79. The first-order valence-corrected chi connectivity index (χ1v) is 48.6. The number of carboxylic acid groups (broad SMARTS) is 2. The number of phosphoric ester groups is 1. The van der Waals surface area contributed by atoms with Gasteiger partial charge in [-0.15, -0.1) is 0 Å². The first kappa shape index (κ1) is 114. The Bertz CT molecular complexity index is 2700. The van der Waals surface area contributed by atoms with Crippen molar-refractivity contribution in [1.82, 2.24) is 16.8 Å². The van der Waals surface area contributed by atoms with E-state index in [1.807, 2.05) is 0 Å². The summed E-state index contributed by atoms with van der Waals surface area (Å²) < 4.78 is 68.3. The van der Waals surface area contributed by atoms with Gasteiger partial charge in [0, 0.05) is 38.1 Å². The number of nitrogens with one attached hydrogen (secondary N) is 2. The molecule has 0 aliphatic carbocycles. The van der Waals surface area contributed by atoms with Gasteiger partial charge in [-0.3, -0.25) is 33.3 Å². The lowest BCUT2D eigenvalue weighted by molar-refractivity contribution is -0.339. The van der Waals surface area contributed by atoms with Gasteiger partial charge in [0.25, 0.3) is 5.79 Å². The van der Waals surface area contributed by atoms with Gasteiger partial charge in [0.1, 0.15) is 54.9 Å².